The summed E-state index contributed by atoms with van der Waals surface area (Å²) < 4.78 is 37.8. The molecule has 1 aliphatic heterocycles. The number of rotatable bonds is 8. The second-order valence-electron chi connectivity index (χ2n) is 6.14. The van der Waals surface area contributed by atoms with Crippen LogP contribution < -0.4 is 15.0 Å². The van der Waals surface area contributed by atoms with E-state index in [9.17, 15) is 18.0 Å². The zero-order valence-electron chi connectivity index (χ0n) is 15.1. The van der Waals surface area contributed by atoms with Gasteiger partial charge in [-0.15, -0.1) is 0 Å². The van der Waals surface area contributed by atoms with E-state index in [1.165, 1.54) is 29.7 Å². The van der Waals surface area contributed by atoms with Crippen LogP contribution >= 0.6 is 0 Å². The molecular formula is C18H18N2O8S. The van der Waals surface area contributed by atoms with E-state index in [0.717, 1.165) is 4.31 Å². The lowest BCUT2D eigenvalue weighted by atomic mass is 10.2. The highest BCUT2D eigenvalue weighted by Gasteiger charge is 2.26. The third-order valence-corrected chi connectivity index (χ3v) is 6.11. The number of nitrogens with one attached hydrogen (secondary N) is 1. The number of hydroxylamine groups is 1. The minimum absolute atomic E-state index is 0.0501. The van der Waals surface area contributed by atoms with Gasteiger partial charge in [-0.1, -0.05) is 6.07 Å². The summed E-state index contributed by atoms with van der Waals surface area (Å²) in [5.41, 5.74) is 2.02. The average molecular weight is 422 g/mol. The van der Waals surface area contributed by atoms with Crippen molar-refractivity contribution in [2.75, 3.05) is 13.3 Å². The maximum absolute atomic E-state index is 13.1. The molecule has 0 fully saturated rings. The fourth-order valence-electron chi connectivity index (χ4n) is 2.73. The number of fused-ring (bicyclic) bond motifs is 1. The lowest BCUT2D eigenvalue weighted by molar-refractivity contribution is -0.129. The first-order chi connectivity index (χ1) is 13.8. The molecule has 154 valence electrons. The number of hydrogen-bond donors (Lipinski definition) is 3. The molecule has 0 aromatic heterocycles. The topological polar surface area (TPSA) is 142 Å². The molecule has 0 bridgehead atoms. The molecule has 1 aliphatic rings. The predicted octanol–water partition coefficient (Wildman–Crippen LogP) is 1.20. The van der Waals surface area contributed by atoms with E-state index in [0.29, 0.717) is 17.1 Å². The number of ether oxygens (including phenoxy) is 2. The Balaban J connectivity index is 1.88. The van der Waals surface area contributed by atoms with Crippen LogP contribution in [0.2, 0.25) is 0 Å². The van der Waals surface area contributed by atoms with Crippen LogP contribution in [0.4, 0.5) is 0 Å². The summed E-state index contributed by atoms with van der Waals surface area (Å²) in [7, 11) is -4.05. The van der Waals surface area contributed by atoms with Gasteiger partial charge in [0.2, 0.25) is 22.7 Å². The van der Waals surface area contributed by atoms with Crippen molar-refractivity contribution >= 4 is 21.9 Å². The van der Waals surface area contributed by atoms with Crippen molar-refractivity contribution in [2.24, 2.45) is 0 Å². The number of carboxylic acid groups (broad SMARTS) is 1. The summed E-state index contributed by atoms with van der Waals surface area (Å²) in [6.45, 7) is -0.199. The van der Waals surface area contributed by atoms with Crippen molar-refractivity contribution in [3.63, 3.8) is 0 Å². The lowest BCUT2D eigenvalue weighted by Crippen LogP contribution is -2.34. The Kier molecular flexibility index (Phi) is 6.01. The van der Waals surface area contributed by atoms with Gasteiger partial charge in [0.15, 0.2) is 11.5 Å². The number of carboxylic acids is 1. The van der Waals surface area contributed by atoms with Crippen LogP contribution in [0, 0.1) is 0 Å². The molecule has 10 nitrogen and oxygen atoms in total. The van der Waals surface area contributed by atoms with Gasteiger partial charge in [-0.25, -0.2) is 18.7 Å². The van der Waals surface area contributed by atoms with Crippen molar-refractivity contribution in [1.82, 2.24) is 9.79 Å². The molecule has 0 unspecified atom stereocenters. The summed E-state index contributed by atoms with van der Waals surface area (Å²) in [6, 6.07) is 9.74. The van der Waals surface area contributed by atoms with E-state index in [1.54, 1.807) is 18.2 Å². The Morgan fingerprint density at radius 1 is 1.07 bits per heavy atom. The highest BCUT2D eigenvalue weighted by atomic mass is 32.2. The fraction of sp³-hybridized carbons (Fsp3) is 0.222. The van der Waals surface area contributed by atoms with Crippen molar-refractivity contribution in [2.45, 2.75) is 17.9 Å². The number of nitrogens with zero attached hydrogens (tertiary/aromatic N) is 1. The summed E-state index contributed by atoms with van der Waals surface area (Å²) in [4.78, 5) is 22.3. The van der Waals surface area contributed by atoms with Crippen LogP contribution in [0.1, 0.15) is 22.3 Å². The Hall–Kier alpha value is -3.15. The van der Waals surface area contributed by atoms with Crippen molar-refractivity contribution in [3.8, 4) is 11.5 Å². The van der Waals surface area contributed by atoms with Crippen LogP contribution in [0.15, 0.2) is 47.4 Å². The number of sulfonamides is 1. The van der Waals surface area contributed by atoms with E-state index in [2.05, 4.69) is 0 Å². The second kappa shape index (κ2) is 8.47. The minimum atomic E-state index is -4.05. The quantitative estimate of drug-likeness (QED) is 0.425. The molecule has 29 heavy (non-hydrogen) atoms. The number of carbonyl (C=O) groups is 2. The van der Waals surface area contributed by atoms with E-state index in [1.807, 2.05) is 0 Å². The van der Waals surface area contributed by atoms with Gasteiger partial charge in [-0.3, -0.25) is 10.0 Å². The molecule has 1 heterocycles. The summed E-state index contributed by atoms with van der Waals surface area (Å²) in [5, 5.41) is 17.7. The maximum atomic E-state index is 13.1. The molecule has 1 amide bonds. The highest BCUT2D eigenvalue weighted by Crippen LogP contribution is 2.33. The van der Waals surface area contributed by atoms with Crippen LogP contribution in [0.25, 0.3) is 0 Å². The van der Waals surface area contributed by atoms with Crippen LogP contribution in [-0.2, 0) is 21.4 Å². The van der Waals surface area contributed by atoms with Gasteiger partial charge in [0.1, 0.15) is 0 Å². The van der Waals surface area contributed by atoms with Crippen molar-refractivity contribution in [1.29, 1.82) is 0 Å². The number of hydrogen-bond acceptors (Lipinski definition) is 7. The Morgan fingerprint density at radius 2 is 1.76 bits per heavy atom. The highest BCUT2D eigenvalue weighted by molar-refractivity contribution is 7.89. The molecule has 0 saturated carbocycles. The van der Waals surface area contributed by atoms with Gasteiger partial charge in [0.05, 0.1) is 10.5 Å². The third-order valence-electron chi connectivity index (χ3n) is 4.25. The van der Waals surface area contributed by atoms with Gasteiger partial charge in [0, 0.05) is 19.5 Å². The molecule has 0 atom stereocenters. The van der Waals surface area contributed by atoms with E-state index < -0.39 is 21.9 Å². The first kappa shape index (κ1) is 20.6. The van der Waals surface area contributed by atoms with Crippen LogP contribution in [0.5, 0.6) is 11.5 Å². The molecule has 3 rings (SSSR count). The maximum Gasteiger partial charge on any atom is 0.335 e. The molecule has 3 N–H and O–H groups in total. The Morgan fingerprint density at radius 3 is 2.41 bits per heavy atom. The zero-order valence-corrected chi connectivity index (χ0v) is 15.9. The molecule has 0 aliphatic carbocycles. The van der Waals surface area contributed by atoms with Crippen LogP contribution in [0.3, 0.4) is 0 Å². The molecule has 11 heteroatoms. The number of benzene rings is 2. The van der Waals surface area contributed by atoms with Gasteiger partial charge < -0.3 is 14.6 Å². The van der Waals surface area contributed by atoms with Gasteiger partial charge in [-0.05, 0) is 42.0 Å². The first-order valence-electron chi connectivity index (χ1n) is 8.46. The van der Waals surface area contributed by atoms with E-state index >= 15 is 0 Å². The number of aromatic carboxylic acids is 1. The molecule has 0 saturated heterocycles. The lowest BCUT2D eigenvalue weighted by Gasteiger charge is -2.22. The van der Waals surface area contributed by atoms with Gasteiger partial charge >= 0.3 is 5.97 Å². The largest absolute Gasteiger partial charge is 0.478 e. The average Bonchev–Trinajstić information content (AvgIpc) is 3.18. The standard InChI is InChI=1S/C18H18N2O8S/c21-17(19-24)7-8-20(10-12-1-6-15-16(9-12)28-11-27-15)29(25,26)14-4-2-13(3-5-14)18(22)23/h1-6,9,24H,7-8,10-11H2,(H,19,21)(H,22,23). The van der Waals surface area contributed by atoms with Gasteiger partial charge in [0.25, 0.3) is 0 Å². The SMILES string of the molecule is O=C(CCN(Cc1ccc2c(c1)OCO2)S(=O)(=O)c1ccc(C(=O)O)cc1)NO. The predicted molar refractivity (Wildman–Crippen MR) is 98.1 cm³/mol. The molecular weight excluding hydrogens is 404 g/mol. The van der Waals surface area contributed by atoms with Crippen molar-refractivity contribution < 1.29 is 37.8 Å². The number of carbonyl (C=O) groups excluding carboxylic acids is 1. The van der Waals surface area contributed by atoms with Crippen molar-refractivity contribution in [3.05, 3.63) is 53.6 Å². The fourth-order valence-corrected chi connectivity index (χ4v) is 4.16. The smallest absolute Gasteiger partial charge is 0.335 e. The Bertz CT molecular complexity index is 1020. The Labute approximate surface area is 166 Å². The normalized spacial score (nSPS) is 12.8. The first-order valence-corrected chi connectivity index (χ1v) is 9.90. The summed E-state index contributed by atoms with van der Waals surface area (Å²) >= 11 is 0. The molecule has 0 radical (unpaired) electrons. The number of amides is 1. The monoisotopic (exact) mass is 422 g/mol. The van der Waals surface area contributed by atoms with E-state index in [-0.39, 0.29) is 36.8 Å². The third kappa shape index (κ3) is 4.65. The molecule has 2 aromatic rings. The molecule has 2 aromatic carbocycles. The summed E-state index contributed by atoms with van der Waals surface area (Å²) in [6.07, 6.45) is -0.270. The molecule has 0 spiro atoms. The second-order valence-corrected chi connectivity index (χ2v) is 8.08. The minimum Gasteiger partial charge on any atom is -0.478 e. The van der Waals surface area contributed by atoms with Gasteiger partial charge in [-0.2, -0.15) is 4.31 Å². The summed E-state index contributed by atoms with van der Waals surface area (Å²) in [5.74, 6) is -0.881. The van der Waals surface area contributed by atoms with Crippen LogP contribution in [-0.4, -0.2) is 48.3 Å². The van der Waals surface area contributed by atoms with E-state index in [4.69, 9.17) is 19.8 Å². The zero-order chi connectivity index (χ0) is 21.0.